The molecule has 1 unspecified atom stereocenters. The van der Waals surface area contributed by atoms with Crippen molar-refractivity contribution < 1.29 is 17.4 Å². The minimum atomic E-state index is -2.90. The van der Waals surface area contributed by atoms with Gasteiger partial charge in [0, 0.05) is 55.9 Å². The Balaban J connectivity index is 1.32. The van der Waals surface area contributed by atoms with Crippen molar-refractivity contribution in [3.05, 3.63) is 30.0 Å². The summed E-state index contributed by atoms with van der Waals surface area (Å²) in [5, 5.41) is 8.55. The highest BCUT2D eigenvalue weighted by molar-refractivity contribution is 7.91. The van der Waals surface area contributed by atoms with Crippen molar-refractivity contribution in [1.82, 2.24) is 20.2 Å². The summed E-state index contributed by atoms with van der Waals surface area (Å²) in [6.07, 6.45) is 5.75. The van der Waals surface area contributed by atoms with Gasteiger partial charge in [0.15, 0.2) is 0 Å². The van der Waals surface area contributed by atoms with Gasteiger partial charge < -0.3 is 14.2 Å². The van der Waals surface area contributed by atoms with E-state index in [9.17, 15) is 13.0 Å². The molecule has 0 amide bonds. The summed E-state index contributed by atoms with van der Waals surface area (Å²) in [6.45, 7) is 3.92. The standard InChI is InChI=1S/C26H31F2N7O2S/c1-17-15-20(31-24(30-17)35-13-9-26(27,28)10-14-35)23-33-32-22(37-23)19-4-3-18(38(2,29)36)16-21(19)34-11-7-25(5-6-25)8-12-34/h3-4,15-16,29H,5-14H2,1-2H3. The van der Waals surface area contributed by atoms with Gasteiger partial charge in [-0.3, -0.25) is 0 Å². The first-order valence-corrected chi connectivity index (χ1v) is 14.9. The third-order valence-corrected chi connectivity index (χ3v) is 9.19. The highest BCUT2D eigenvalue weighted by atomic mass is 32.2. The minimum Gasteiger partial charge on any atom is -0.415 e. The van der Waals surface area contributed by atoms with Crippen molar-refractivity contribution >= 4 is 21.4 Å². The Bertz CT molecular complexity index is 1470. The number of aromatic nitrogens is 4. The summed E-state index contributed by atoms with van der Waals surface area (Å²) in [6, 6.07) is 7.03. The average molecular weight is 544 g/mol. The van der Waals surface area contributed by atoms with Crippen LogP contribution in [0.1, 0.15) is 44.2 Å². The van der Waals surface area contributed by atoms with Crippen molar-refractivity contribution in [2.75, 3.05) is 42.2 Å². The van der Waals surface area contributed by atoms with E-state index >= 15 is 0 Å². The molecule has 2 aliphatic heterocycles. The second-order valence-corrected chi connectivity index (χ2v) is 13.1. The normalized spacial score (nSPS) is 21.9. The van der Waals surface area contributed by atoms with Gasteiger partial charge in [0.1, 0.15) is 5.69 Å². The SMILES string of the molecule is Cc1cc(-c2nnc(-c3ccc(S(C)(=N)=O)cc3N3CCC4(CC3)CC4)o2)nc(N2CCC(F)(F)CC2)n1. The van der Waals surface area contributed by atoms with Crippen molar-refractivity contribution in [1.29, 1.82) is 4.78 Å². The molecule has 1 spiro atoms. The molecule has 0 bridgehead atoms. The number of nitrogens with one attached hydrogen (secondary N) is 1. The first-order chi connectivity index (χ1) is 18.0. The van der Waals surface area contributed by atoms with Crippen LogP contribution in [0.2, 0.25) is 0 Å². The Morgan fingerprint density at radius 1 is 0.921 bits per heavy atom. The Hall–Kier alpha value is -3.15. The van der Waals surface area contributed by atoms with Crippen LogP contribution in [-0.2, 0) is 9.73 Å². The van der Waals surface area contributed by atoms with Gasteiger partial charge in [-0.2, -0.15) is 0 Å². The number of anilines is 2. The van der Waals surface area contributed by atoms with E-state index in [0.717, 1.165) is 31.6 Å². The summed E-state index contributed by atoms with van der Waals surface area (Å²) < 4.78 is 54.0. The van der Waals surface area contributed by atoms with Gasteiger partial charge >= 0.3 is 0 Å². The number of hydrogen-bond acceptors (Lipinski definition) is 9. The lowest BCUT2D eigenvalue weighted by Crippen LogP contribution is -2.40. The number of nitrogens with zero attached hydrogens (tertiary/aromatic N) is 6. The monoisotopic (exact) mass is 543 g/mol. The average Bonchev–Trinajstić information content (AvgIpc) is 3.43. The maximum Gasteiger partial charge on any atom is 0.266 e. The summed E-state index contributed by atoms with van der Waals surface area (Å²) >= 11 is 0. The van der Waals surface area contributed by atoms with Gasteiger partial charge in [0.25, 0.3) is 11.8 Å². The Morgan fingerprint density at radius 3 is 2.24 bits per heavy atom. The zero-order valence-electron chi connectivity index (χ0n) is 21.5. The fraction of sp³-hybridized carbons (Fsp3) is 0.538. The van der Waals surface area contributed by atoms with Crippen LogP contribution < -0.4 is 9.80 Å². The maximum atomic E-state index is 13.6. The summed E-state index contributed by atoms with van der Waals surface area (Å²) in [5.74, 6) is -1.78. The topological polar surface area (TPSA) is 112 Å². The molecule has 1 saturated carbocycles. The van der Waals surface area contributed by atoms with Gasteiger partial charge in [-0.05, 0) is 62.3 Å². The van der Waals surface area contributed by atoms with Crippen LogP contribution in [0.5, 0.6) is 0 Å². The molecule has 3 fully saturated rings. The molecule has 1 aliphatic carbocycles. The van der Waals surface area contributed by atoms with E-state index < -0.39 is 15.7 Å². The number of hydrogen-bond donors (Lipinski definition) is 1. The summed E-state index contributed by atoms with van der Waals surface area (Å²) in [5.41, 5.74) is 3.14. The number of aryl methyl sites for hydroxylation is 1. The quantitative estimate of drug-likeness (QED) is 0.470. The highest BCUT2D eigenvalue weighted by Gasteiger charge is 2.44. The van der Waals surface area contributed by atoms with Crippen LogP contribution in [0.3, 0.4) is 0 Å². The molecule has 1 N–H and O–H groups in total. The third-order valence-electron chi connectivity index (χ3n) is 8.04. The van der Waals surface area contributed by atoms with E-state index in [4.69, 9.17) is 9.20 Å². The molecule has 6 rings (SSSR count). The van der Waals surface area contributed by atoms with Gasteiger partial charge in [-0.25, -0.2) is 27.7 Å². The zero-order valence-corrected chi connectivity index (χ0v) is 22.4. The van der Waals surface area contributed by atoms with E-state index in [-0.39, 0.29) is 31.8 Å². The third kappa shape index (κ3) is 4.97. The zero-order chi connectivity index (χ0) is 26.7. The first kappa shape index (κ1) is 25.1. The van der Waals surface area contributed by atoms with Crippen molar-refractivity contribution in [2.45, 2.75) is 56.3 Å². The first-order valence-electron chi connectivity index (χ1n) is 13.0. The highest BCUT2D eigenvalue weighted by Crippen LogP contribution is 2.54. The number of alkyl halides is 2. The molecule has 3 aromatic rings. The predicted molar refractivity (Wildman–Crippen MR) is 140 cm³/mol. The van der Waals surface area contributed by atoms with Gasteiger partial charge in [-0.1, -0.05) is 0 Å². The van der Waals surface area contributed by atoms with Gasteiger partial charge in [-0.15, -0.1) is 10.2 Å². The fourth-order valence-corrected chi connectivity index (χ4v) is 6.03. The van der Waals surface area contributed by atoms with Crippen LogP contribution in [0, 0.1) is 17.1 Å². The van der Waals surface area contributed by atoms with E-state index in [0.29, 0.717) is 39.1 Å². The molecule has 4 heterocycles. The van der Waals surface area contributed by atoms with Crippen LogP contribution in [0.25, 0.3) is 23.0 Å². The fourth-order valence-electron chi connectivity index (χ4n) is 5.37. The molecule has 0 radical (unpaired) electrons. The molecule has 202 valence electrons. The lowest BCUT2D eigenvalue weighted by Gasteiger charge is -2.35. The smallest absolute Gasteiger partial charge is 0.266 e. The van der Waals surface area contributed by atoms with Gasteiger partial charge in [0.2, 0.25) is 11.8 Å². The molecule has 2 aromatic heterocycles. The lowest BCUT2D eigenvalue weighted by molar-refractivity contribution is -0.0222. The lowest BCUT2D eigenvalue weighted by atomic mass is 9.93. The molecule has 38 heavy (non-hydrogen) atoms. The van der Waals surface area contributed by atoms with Crippen molar-refractivity contribution in [3.8, 4) is 23.0 Å². The van der Waals surface area contributed by atoms with Crippen molar-refractivity contribution in [2.24, 2.45) is 5.41 Å². The molecular formula is C26H31F2N7O2S. The second-order valence-electron chi connectivity index (χ2n) is 11.0. The number of rotatable bonds is 5. The summed E-state index contributed by atoms with van der Waals surface area (Å²) in [7, 11) is -2.90. The van der Waals surface area contributed by atoms with Crippen LogP contribution in [-0.4, -0.2) is 62.7 Å². The molecule has 1 aromatic carbocycles. The van der Waals surface area contributed by atoms with Crippen LogP contribution in [0.4, 0.5) is 20.4 Å². The predicted octanol–water partition coefficient (Wildman–Crippen LogP) is 5.15. The molecule has 3 aliphatic rings. The van der Waals surface area contributed by atoms with E-state index in [1.807, 2.05) is 13.0 Å². The van der Waals surface area contributed by atoms with E-state index in [2.05, 4.69) is 25.1 Å². The Morgan fingerprint density at radius 2 is 1.58 bits per heavy atom. The molecule has 1 atom stereocenters. The number of benzene rings is 1. The van der Waals surface area contributed by atoms with Crippen LogP contribution >= 0.6 is 0 Å². The van der Waals surface area contributed by atoms with Crippen molar-refractivity contribution in [3.63, 3.8) is 0 Å². The molecule has 2 saturated heterocycles. The van der Waals surface area contributed by atoms with Gasteiger partial charge in [0.05, 0.1) is 21.0 Å². The maximum absolute atomic E-state index is 13.6. The van der Waals surface area contributed by atoms with Crippen LogP contribution in [0.15, 0.2) is 33.6 Å². The van der Waals surface area contributed by atoms with E-state index in [1.165, 1.54) is 19.1 Å². The molecule has 12 heteroatoms. The minimum absolute atomic E-state index is 0.175. The summed E-state index contributed by atoms with van der Waals surface area (Å²) in [4.78, 5) is 13.5. The Kier molecular flexibility index (Phi) is 5.93. The molecular weight excluding hydrogens is 512 g/mol. The Labute approximate surface area is 220 Å². The number of halogens is 2. The largest absolute Gasteiger partial charge is 0.415 e. The van der Waals surface area contributed by atoms with E-state index in [1.54, 1.807) is 23.1 Å². The molecule has 9 nitrogen and oxygen atoms in total. The second kappa shape index (κ2) is 8.96. The number of piperidine rings is 2.